The normalized spacial score (nSPS) is 11.2. The summed E-state index contributed by atoms with van der Waals surface area (Å²) < 4.78 is 26.2. The molecule has 0 aliphatic heterocycles. The molecule has 0 saturated heterocycles. The number of hydrogen-bond acceptors (Lipinski definition) is 8. The quantitative estimate of drug-likeness (QED) is 0.484. The molecule has 0 unspecified atom stereocenters. The Bertz CT molecular complexity index is 713. The molecule has 0 aliphatic rings. The average molecular weight is 301 g/mol. The summed E-state index contributed by atoms with van der Waals surface area (Å²) in [6.45, 7) is 0. The van der Waals surface area contributed by atoms with Crippen LogP contribution in [-0.4, -0.2) is 23.5 Å². The minimum atomic E-state index is -4.15. The van der Waals surface area contributed by atoms with Crippen LogP contribution < -0.4 is 10.5 Å². The number of nitrogen functional groups attached to an aromatic ring is 1. The molecule has 0 atom stereocenters. The Morgan fingerprint density at radius 1 is 1.42 bits per heavy atom. The van der Waals surface area contributed by atoms with Crippen molar-refractivity contribution in [2.75, 3.05) is 10.5 Å². The van der Waals surface area contributed by atoms with Crippen molar-refractivity contribution in [3.8, 4) is 0 Å². The number of nitrogens with zero attached hydrogens (tertiary/aromatic N) is 3. The monoisotopic (exact) mass is 301 g/mol. The molecule has 0 bridgehead atoms. The van der Waals surface area contributed by atoms with Crippen LogP contribution in [0.5, 0.6) is 0 Å². The van der Waals surface area contributed by atoms with E-state index >= 15 is 0 Å². The molecular weight excluding hydrogens is 294 g/mol. The van der Waals surface area contributed by atoms with E-state index in [-0.39, 0.29) is 10.8 Å². The van der Waals surface area contributed by atoms with E-state index in [1.807, 2.05) is 0 Å². The molecule has 1 heterocycles. The average Bonchev–Trinajstić information content (AvgIpc) is 2.80. The summed E-state index contributed by atoms with van der Waals surface area (Å²) in [7, 11) is -4.15. The van der Waals surface area contributed by atoms with Crippen LogP contribution in [0.25, 0.3) is 0 Å². The lowest BCUT2D eigenvalue weighted by atomic mass is 10.3. The number of nitrogens with one attached hydrogen (secondary N) is 1. The number of anilines is 2. The Labute approximate surface area is 111 Å². The molecule has 0 fully saturated rings. The summed E-state index contributed by atoms with van der Waals surface area (Å²) in [4.78, 5) is 9.51. The Hall–Kier alpha value is -2.27. The van der Waals surface area contributed by atoms with E-state index in [4.69, 9.17) is 5.73 Å². The van der Waals surface area contributed by atoms with Gasteiger partial charge in [0.05, 0.1) is 4.92 Å². The van der Waals surface area contributed by atoms with Gasteiger partial charge in [0, 0.05) is 11.8 Å². The van der Waals surface area contributed by atoms with Crippen LogP contribution in [0, 0.1) is 10.1 Å². The number of hydrogen-bond donors (Lipinski definition) is 2. The third-order valence-corrected chi connectivity index (χ3v) is 4.16. The van der Waals surface area contributed by atoms with Crippen LogP contribution >= 0.6 is 11.3 Å². The minimum Gasteiger partial charge on any atom is -0.399 e. The van der Waals surface area contributed by atoms with E-state index in [9.17, 15) is 18.5 Å². The van der Waals surface area contributed by atoms with Crippen LogP contribution in [0.15, 0.2) is 28.6 Å². The molecule has 0 saturated carbocycles. The summed E-state index contributed by atoms with van der Waals surface area (Å²) in [5.74, 6) is 0. The molecule has 1 aromatic carbocycles. The second-order valence-electron chi connectivity index (χ2n) is 3.33. The van der Waals surface area contributed by atoms with Gasteiger partial charge in [-0.15, -0.1) is 10.2 Å². The van der Waals surface area contributed by atoms with Crippen LogP contribution in [0.4, 0.5) is 16.5 Å². The van der Waals surface area contributed by atoms with Gasteiger partial charge in [-0.05, 0) is 12.1 Å². The summed E-state index contributed by atoms with van der Waals surface area (Å²) in [6, 6.07) is 3.30. The first kappa shape index (κ1) is 13.2. The highest BCUT2D eigenvalue weighted by Gasteiger charge is 2.26. The van der Waals surface area contributed by atoms with Gasteiger partial charge in [0.25, 0.3) is 15.7 Å². The maximum Gasteiger partial charge on any atom is 0.290 e. The van der Waals surface area contributed by atoms with E-state index in [0.29, 0.717) is 0 Å². The first-order valence-electron chi connectivity index (χ1n) is 4.73. The fourth-order valence-corrected chi connectivity index (χ4v) is 3.18. The number of nitrogens with two attached hydrogens (primary N) is 1. The second kappa shape index (κ2) is 4.78. The summed E-state index contributed by atoms with van der Waals surface area (Å²) >= 11 is 0.949. The molecule has 100 valence electrons. The fraction of sp³-hybridized carbons (Fsp3) is 0. The van der Waals surface area contributed by atoms with Crippen molar-refractivity contribution in [3.63, 3.8) is 0 Å². The largest absolute Gasteiger partial charge is 0.399 e. The lowest BCUT2D eigenvalue weighted by Gasteiger charge is -2.06. The molecule has 1 aromatic heterocycles. The number of nitro groups is 1. The zero-order valence-electron chi connectivity index (χ0n) is 9.18. The van der Waals surface area contributed by atoms with Gasteiger partial charge in [0.2, 0.25) is 5.13 Å². The molecule has 0 radical (unpaired) electrons. The van der Waals surface area contributed by atoms with Gasteiger partial charge in [-0.25, -0.2) is 8.42 Å². The molecule has 11 heteroatoms. The van der Waals surface area contributed by atoms with Gasteiger partial charge in [-0.3, -0.25) is 14.8 Å². The molecule has 0 amide bonds. The lowest BCUT2D eigenvalue weighted by Crippen LogP contribution is -2.15. The molecule has 2 aromatic rings. The molecule has 9 nitrogen and oxygen atoms in total. The molecule has 0 spiro atoms. The van der Waals surface area contributed by atoms with Crippen LogP contribution in [-0.2, 0) is 10.0 Å². The standard InChI is InChI=1S/C8H7N5O4S2/c9-5-1-2-6(13(14)15)7(3-5)19(16,17)12-8-11-10-4-18-8/h1-4H,9H2,(H,11,12). The molecule has 2 rings (SSSR count). The first-order valence-corrected chi connectivity index (χ1v) is 7.09. The molecular formula is C8H7N5O4S2. The van der Waals surface area contributed by atoms with Crippen LogP contribution in [0.1, 0.15) is 0 Å². The highest BCUT2D eigenvalue weighted by Crippen LogP contribution is 2.27. The van der Waals surface area contributed by atoms with Crippen LogP contribution in [0.2, 0.25) is 0 Å². The van der Waals surface area contributed by atoms with Crippen molar-refractivity contribution in [1.29, 1.82) is 0 Å². The maximum absolute atomic E-state index is 12.0. The third-order valence-electron chi connectivity index (χ3n) is 2.05. The minimum absolute atomic E-state index is 0.0109. The predicted molar refractivity (Wildman–Crippen MR) is 68.2 cm³/mol. The second-order valence-corrected chi connectivity index (χ2v) is 5.82. The van der Waals surface area contributed by atoms with Gasteiger partial charge in [-0.2, -0.15) is 0 Å². The highest BCUT2D eigenvalue weighted by atomic mass is 32.2. The summed E-state index contributed by atoms with van der Waals surface area (Å²) in [5.41, 5.74) is 6.32. The maximum atomic E-state index is 12.0. The zero-order valence-corrected chi connectivity index (χ0v) is 10.8. The Kier molecular flexibility index (Phi) is 3.31. The number of aromatic nitrogens is 2. The summed E-state index contributed by atoms with van der Waals surface area (Å²) in [5, 5.41) is 17.8. The Balaban J connectivity index is 2.50. The van der Waals surface area contributed by atoms with E-state index in [1.165, 1.54) is 11.6 Å². The smallest absolute Gasteiger partial charge is 0.290 e. The van der Waals surface area contributed by atoms with Crippen molar-refractivity contribution in [2.24, 2.45) is 0 Å². The summed E-state index contributed by atoms with van der Waals surface area (Å²) in [6.07, 6.45) is 0. The predicted octanol–water partition coefficient (Wildman–Crippen LogP) is 0.829. The van der Waals surface area contributed by atoms with E-state index in [2.05, 4.69) is 14.9 Å². The SMILES string of the molecule is Nc1ccc([N+](=O)[O-])c(S(=O)(=O)Nc2nncs2)c1. The molecule has 19 heavy (non-hydrogen) atoms. The van der Waals surface area contributed by atoms with E-state index in [0.717, 1.165) is 23.5 Å². The zero-order chi connectivity index (χ0) is 14.0. The van der Waals surface area contributed by atoms with Gasteiger partial charge in [0.15, 0.2) is 4.90 Å². The van der Waals surface area contributed by atoms with Gasteiger partial charge in [0.1, 0.15) is 5.51 Å². The first-order chi connectivity index (χ1) is 8.90. The highest BCUT2D eigenvalue weighted by molar-refractivity contribution is 7.93. The Morgan fingerprint density at radius 3 is 2.74 bits per heavy atom. The molecule has 3 N–H and O–H groups in total. The lowest BCUT2D eigenvalue weighted by molar-refractivity contribution is -0.387. The van der Waals surface area contributed by atoms with Crippen molar-refractivity contribution >= 4 is 37.9 Å². The number of sulfonamides is 1. The van der Waals surface area contributed by atoms with Crippen molar-refractivity contribution in [1.82, 2.24) is 10.2 Å². The Morgan fingerprint density at radius 2 is 2.16 bits per heavy atom. The number of rotatable bonds is 4. The van der Waals surface area contributed by atoms with E-state index < -0.39 is 25.5 Å². The number of nitro benzene ring substituents is 1. The van der Waals surface area contributed by atoms with Crippen molar-refractivity contribution < 1.29 is 13.3 Å². The van der Waals surface area contributed by atoms with E-state index in [1.54, 1.807) is 0 Å². The van der Waals surface area contributed by atoms with Crippen molar-refractivity contribution in [2.45, 2.75) is 4.90 Å². The van der Waals surface area contributed by atoms with Gasteiger partial charge >= 0.3 is 0 Å². The fourth-order valence-electron chi connectivity index (χ4n) is 1.28. The molecule has 0 aliphatic carbocycles. The van der Waals surface area contributed by atoms with Gasteiger partial charge in [-0.1, -0.05) is 11.3 Å². The van der Waals surface area contributed by atoms with Crippen molar-refractivity contribution in [3.05, 3.63) is 33.8 Å². The van der Waals surface area contributed by atoms with Gasteiger partial charge < -0.3 is 5.73 Å². The van der Waals surface area contributed by atoms with Crippen LogP contribution in [0.3, 0.4) is 0 Å². The topological polar surface area (TPSA) is 141 Å². The number of benzene rings is 1. The third kappa shape index (κ3) is 2.77.